The van der Waals surface area contributed by atoms with Crippen LogP contribution in [0, 0.1) is 11.6 Å². The lowest BCUT2D eigenvalue weighted by Crippen LogP contribution is -2.44. The zero-order valence-corrected chi connectivity index (χ0v) is 12.5. The molecule has 1 amide bonds. The molecule has 120 valence electrons. The van der Waals surface area contributed by atoms with Gasteiger partial charge in [-0.15, -0.1) is 0 Å². The predicted molar refractivity (Wildman–Crippen MR) is 76.1 cm³/mol. The minimum atomic E-state index is -0.978. The van der Waals surface area contributed by atoms with E-state index in [0.717, 1.165) is 18.9 Å². The van der Waals surface area contributed by atoms with E-state index in [1.807, 2.05) is 0 Å². The van der Waals surface area contributed by atoms with Gasteiger partial charge >= 0.3 is 5.97 Å². The summed E-state index contributed by atoms with van der Waals surface area (Å²) in [6, 6.07) is 3.31. The lowest BCUT2D eigenvalue weighted by atomic mass is 9.77. The van der Waals surface area contributed by atoms with E-state index in [2.05, 4.69) is 10.1 Å². The number of amides is 1. The molecule has 0 atom stereocenters. The molecule has 0 radical (unpaired) electrons. The topological polar surface area (TPSA) is 55.4 Å². The molecule has 1 fully saturated rings. The Kier molecular flexibility index (Phi) is 5.11. The molecule has 4 nitrogen and oxygen atoms in total. The normalized spacial score (nSPS) is 16.3. The van der Waals surface area contributed by atoms with E-state index in [4.69, 9.17) is 0 Å². The maximum absolute atomic E-state index is 14.1. The van der Waals surface area contributed by atoms with Crippen LogP contribution in [0.3, 0.4) is 0 Å². The average molecular weight is 311 g/mol. The van der Waals surface area contributed by atoms with Crippen molar-refractivity contribution in [1.82, 2.24) is 5.32 Å². The molecule has 1 aromatic rings. The summed E-state index contributed by atoms with van der Waals surface area (Å²) in [5, 5.41) is 2.67. The summed E-state index contributed by atoms with van der Waals surface area (Å²) in [6.07, 6.45) is 2.70. The Morgan fingerprint density at radius 3 is 2.55 bits per heavy atom. The van der Waals surface area contributed by atoms with Gasteiger partial charge in [-0.1, -0.05) is 18.9 Å². The van der Waals surface area contributed by atoms with Gasteiger partial charge in [0.1, 0.15) is 11.6 Å². The first-order chi connectivity index (χ1) is 10.5. The number of halogens is 2. The molecule has 6 heteroatoms. The van der Waals surface area contributed by atoms with E-state index < -0.39 is 23.0 Å². The Labute approximate surface area is 127 Å². The first-order valence-electron chi connectivity index (χ1n) is 7.30. The van der Waals surface area contributed by atoms with Crippen LogP contribution in [-0.4, -0.2) is 25.5 Å². The Morgan fingerprint density at radius 2 is 1.95 bits per heavy atom. The summed E-state index contributed by atoms with van der Waals surface area (Å²) < 4.78 is 31.7. The summed E-state index contributed by atoms with van der Waals surface area (Å²) in [7, 11) is 1.27. The molecule has 0 heterocycles. The number of esters is 1. The Hall–Kier alpha value is -1.98. The van der Waals surface area contributed by atoms with Crippen molar-refractivity contribution >= 4 is 11.9 Å². The smallest absolute Gasteiger partial charge is 0.307 e. The Morgan fingerprint density at radius 1 is 1.27 bits per heavy atom. The summed E-state index contributed by atoms with van der Waals surface area (Å²) in [5.74, 6) is -2.11. The summed E-state index contributed by atoms with van der Waals surface area (Å²) in [4.78, 5) is 23.6. The highest BCUT2D eigenvalue weighted by Gasteiger charge is 2.44. The molecule has 0 spiro atoms. The van der Waals surface area contributed by atoms with Crippen molar-refractivity contribution in [2.45, 2.75) is 37.5 Å². The molecule has 1 N–H and O–H groups in total. The lowest BCUT2D eigenvalue weighted by molar-refractivity contribution is -0.140. The minimum Gasteiger partial charge on any atom is -0.469 e. The molecule has 1 aliphatic rings. The number of ether oxygens (including phenoxy) is 1. The number of rotatable bonds is 5. The van der Waals surface area contributed by atoms with Crippen molar-refractivity contribution in [3.05, 3.63) is 35.4 Å². The quantitative estimate of drug-likeness (QED) is 0.850. The highest BCUT2D eigenvalue weighted by atomic mass is 19.1. The highest BCUT2D eigenvalue weighted by molar-refractivity contribution is 5.89. The fraction of sp³-hybridized carbons (Fsp3) is 0.500. The van der Waals surface area contributed by atoms with Gasteiger partial charge in [0.25, 0.3) is 0 Å². The molecule has 1 aliphatic carbocycles. The molecule has 1 aromatic carbocycles. The second kappa shape index (κ2) is 6.85. The molecule has 0 aliphatic heterocycles. The Balaban J connectivity index is 2.17. The summed E-state index contributed by atoms with van der Waals surface area (Å²) in [5.41, 5.74) is -0.754. The van der Waals surface area contributed by atoms with E-state index >= 15 is 0 Å². The molecule has 0 unspecified atom stereocenters. The number of carbonyl (C=O) groups excluding carboxylic acids is 2. The molecule has 0 aromatic heterocycles. The average Bonchev–Trinajstić information content (AvgIpc) is 2.97. The second-order valence-electron chi connectivity index (χ2n) is 5.50. The van der Waals surface area contributed by atoms with Gasteiger partial charge in [0.15, 0.2) is 0 Å². The first kappa shape index (κ1) is 16.4. The lowest BCUT2D eigenvalue weighted by Gasteiger charge is -2.28. The zero-order chi connectivity index (χ0) is 16.2. The summed E-state index contributed by atoms with van der Waals surface area (Å²) >= 11 is 0. The van der Waals surface area contributed by atoms with Gasteiger partial charge in [-0.05, 0) is 18.9 Å². The van der Waals surface area contributed by atoms with Crippen molar-refractivity contribution in [2.24, 2.45) is 0 Å². The second-order valence-corrected chi connectivity index (χ2v) is 5.50. The number of nitrogens with one attached hydrogen (secondary N) is 1. The molecule has 22 heavy (non-hydrogen) atoms. The number of hydrogen-bond acceptors (Lipinski definition) is 3. The fourth-order valence-corrected chi connectivity index (χ4v) is 3.02. The van der Waals surface area contributed by atoms with Gasteiger partial charge in [0.2, 0.25) is 5.91 Å². The Bertz CT molecular complexity index is 569. The molecule has 0 saturated heterocycles. The van der Waals surface area contributed by atoms with Crippen LogP contribution in [0.1, 0.15) is 37.7 Å². The predicted octanol–water partition coefficient (Wildman–Crippen LogP) is 2.46. The number of carbonyl (C=O) groups is 2. The maximum Gasteiger partial charge on any atom is 0.307 e. The third kappa shape index (κ3) is 3.26. The minimum absolute atomic E-state index is 0.0597. The zero-order valence-electron chi connectivity index (χ0n) is 12.5. The van der Waals surface area contributed by atoms with Crippen LogP contribution in [0.25, 0.3) is 0 Å². The summed E-state index contributed by atoms with van der Waals surface area (Å²) in [6.45, 7) is 0.135. The van der Waals surface area contributed by atoms with Crippen LogP contribution in [0.15, 0.2) is 18.2 Å². The number of benzene rings is 1. The molecular weight excluding hydrogens is 292 g/mol. The molecule has 1 saturated carbocycles. The van der Waals surface area contributed by atoms with Gasteiger partial charge in [-0.25, -0.2) is 8.78 Å². The van der Waals surface area contributed by atoms with Crippen molar-refractivity contribution in [1.29, 1.82) is 0 Å². The van der Waals surface area contributed by atoms with Crippen molar-refractivity contribution in [2.75, 3.05) is 13.7 Å². The van der Waals surface area contributed by atoms with E-state index in [1.165, 1.54) is 19.2 Å². The van der Waals surface area contributed by atoms with E-state index in [9.17, 15) is 18.4 Å². The molecular formula is C16H19F2NO3. The van der Waals surface area contributed by atoms with E-state index in [1.54, 1.807) is 0 Å². The van der Waals surface area contributed by atoms with Gasteiger partial charge in [0, 0.05) is 18.2 Å². The van der Waals surface area contributed by atoms with Crippen molar-refractivity contribution < 1.29 is 23.1 Å². The first-order valence-corrected chi connectivity index (χ1v) is 7.30. The molecule has 2 rings (SSSR count). The van der Waals surface area contributed by atoms with Crippen LogP contribution >= 0.6 is 0 Å². The SMILES string of the molecule is COC(=O)CCNC(=O)C1(c2ccc(F)cc2F)CCCC1. The van der Waals surface area contributed by atoms with Crippen LogP contribution in [-0.2, 0) is 19.7 Å². The van der Waals surface area contributed by atoms with Gasteiger partial charge in [0.05, 0.1) is 18.9 Å². The number of hydrogen-bond donors (Lipinski definition) is 1. The fourth-order valence-electron chi connectivity index (χ4n) is 3.02. The van der Waals surface area contributed by atoms with E-state index in [0.29, 0.717) is 12.8 Å². The highest BCUT2D eigenvalue weighted by Crippen LogP contribution is 2.42. The maximum atomic E-state index is 14.1. The van der Waals surface area contributed by atoms with Crippen molar-refractivity contribution in [3.63, 3.8) is 0 Å². The van der Waals surface area contributed by atoms with Gasteiger partial charge in [-0.3, -0.25) is 9.59 Å². The van der Waals surface area contributed by atoms with Crippen molar-refractivity contribution in [3.8, 4) is 0 Å². The van der Waals surface area contributed by atoms with Gasteiger partial charge < -0.3 is 10.1 Å². The van der Waals surface area contributed by atoms with Crippen LogP contribution in [0.4, 0.5) is 8.78 Å². The van der Waals surface area contributed by atoms with E-state index in [-0.39, 0.29) is 24.4 Å². The van der Waals surface area contributed by atoms with Crippen LogP contribution in [0.2, 0.25) is 0 Å². The third-order valence-corrected chi connectivity index (χ3v) is 4.18. The third-order valence-electron chi connectivity index (χ3n) is 4.18. The monoisotopic (exact) mass is 311 g/mol. The van der Waals surface area contributed by atoms with Crippen LogP contribution < -0.4 is 5.32 Å². The molecule has 0 bridgehead atoms. The number of methoxy groups -OCH3 is 1. The largest absolute Gasteiger partial charge is 0.469 e. The van der Waals surface area contributed by atoms with Gasteiger partial charge in [-0.2, -0.15) is 0 Å². The van der Waals surface area contributed by atoms with Crippen LogP contribution in [0.5, 0.6) is 0 Å². The standard InChI is InChI=1S/C16H19F2NO3/c1-22-14(20)6-9-19-15(21)16(7-2-3-8-16)12-5-4-11(17)10-13(12)18/h4-5,10H,2-3,6-9H2,1H3,(H,19,21).